The van der Waals surface area contributed by atoms with Crippen molar-refractivity contribution in [3.8, 4) is 11.8 Å². The highest BCUT2D eigenvalue weighted by Gasteiger charge is 2.23. The number of carbonyl (C=O) groups is 2. The molecule has 2 amide bonds. The highest BCUT2D eigenvalue weighted by Crippen LogP contribution is 2.28. The fraction of sp³-hybridized carbons (Fsp3) is 0.318. The Hall–Kier alpha value is -3.57. The van der Waals surface area contributed by atoms with E-state index in [-0.39, 0.29) is 25.0 Å². The van der Waals surface area contributed by atoms with E-state index in [2.05, 4.69) is 10.2 Å². The van der Waals surface area contributed by atoms with Gasteiger partial charge in [0.15, 0.2) is 0 Å². The number of hydrogen-bond donors (Lipinski definition) is 1. The minimum Gasteiger partial charge on any atom is -0.495 e. The molecule has 1 saturated heterocycles. The summed E-state index contributed by atoms with van der Waals surface area (Å²) in [6.07, 6.45) is 0. The summed E-state index contributed by atoms with van der Waals surface area (Å²) in [5.41, 5.74) is 2.10. The number of para-hydroxylation sites is 2. The van der Waals surface area contributed by atoms with Gasteiger partial charge >= 0.3 is 0 Å². The van der Waals surface area contributed by atoms with Crippen molar-refractivity contribution >= 4 is 23.2 Å². The Morgan fingerprint density at radius 2 is 1.73 bits per heavy atom. The van der Waals surface area contributed by atoms with Gasteiger partial charge in [-0.25, -0.2) is 0 Å². The SMILES string of the molecule is COc1ccccc1N1CCN(C(=O)COCC(=O)Nc2ccc(C#N)cc2)CC1. The first-order valence-electron chi connectivity index (χ1n) is 9.64. The van der Waals surface area contributed by atoms with Crippen molar-refractivity contribution in [1.82, 2.24) is 4.90 Å². The smallest absolute Gasteiger partial charge is 0.250 e. The predicted molar refractivity (Wildman–Crippen MR) is 112 cm³/mol. The molecule has 1 N–H and O–H groups in total. The average Bonchev–Trinajstić information content (AvgIpc) is 2.79. The summed E-state index contributed by atoms with van der Waals surface area (Å²) in [4.78, 5) is 28.2. The highest BCUT2D eigenvalue weighted by atomic mass is 16.5. The van der Waals surface area contributed by atoms with Gasteiger partial charge in [0, 0.05) is 31.9 Å². The van der Waals surface area contributed by atoms with Crippen LogP contribution in [0.3, 0.4) is 0 Å². The van der Waals surface area contributed by atoms with Crippen LogP contribution in [0.4, 0.5) is 11.4 Å². The summed E-state index contributed by atoms with van der Waals surface area (Å²) in [5, 5.41) is 11.4. The molecule has 0 aliphatic carbocycles. The lowest BCUT2D eigenvalue weighted by Crippen LogP contribution is -2.50. The molecule has 1 heterocycles. The number of carbonyl (C=O) groups excluding carboxylic acids is 2. The van der Waals surface area contributed by atoms with Gasteiger partial charge in [-0.1, -0.05) is 12.1 Å². The summed E-state index contributed by atoms with van der Waals surface area (Å²) in [6.45, 7) is 2.20. The lowest BCUT2D eigenvalue weighted by molar-refractivity contribution is -0.137. The zero-order chi connectivity index (χ0) is 21.3. The Morgan fingerprint density at radius 3 is 2.40 bits per heavy atom. The predicted octanol–water partition coefficient (Wildman–Crippen LogP) is 1.87. The Kier molecular flexibility index (Phi) is 7.24. The van der Waals surface area contributed by atoms with Crippen molar-refractivity contribution in [2.75, 3.05) is 56.7 Å². The number of amides is 2. The molecule has 0 radical (unpaired) electrons. The number of ether oxygens (including phenoxy) is 2. The van der Waals surface area contributed by atoms with E-state index >= 15 is 0 Å². The molecule has 0 aromatic heterocycles. The second-order valence-corrected chi connectivity index (χ2v) is 6.77. The highest BCUT2D eigenvalue weighted by molar-refractivity contribution is 5.92. The quantitative estimate of drug-likeness (QED) is 0.752. The fourth-order valence-electron chi connectivity index (χ4n) is 3.24. The van der Waals surface area contributed by atoms with Crippen molar-refractivity contribution in [2.45, 2.75) is 0 Å². The van der Waals surface area contributed by atoms with Gasteiger partial charge < -0.3 is 24.6 Å². The van der Waals surface area contributed by atoms with Crippen molar-refractivity contribution in [2.24, 2.45) is 0 Å². The normalized spacial score (nSPS) is 13.5. The third-order valence-corrected chi connectivity index (χ3v) is 4.81. The number of anilines is 2. The molecule has 3 rings (SSSR count). The van der Waals surface area contributed by atoms with Gasteiger partial charge in [0.1, 0.15) is 19.0 Å². The number of nitrogens with zero attached hydrogens (tertiary/aromatic N) is 3. The van der Waals surface area contributed by atoms with Crippen molar-refractivity contribution in [3.05, 3.63) is 54.1 Å². The molecular formula is C22H24N4O4. The lowest BCUT2D eigenvalue weighted by Gasteiger charge is -2.36. The van der Waals surface area contributed by atoms with E-state index in [4.69, 9.17) is 14.7 Å². The van der Waals surface area contributed by atoms with Crippen LogP contribution in [-0.4, -0.2) is 63.2 Å². The third-order valence-electron chi connectivity index (χ3n) is 4.81. The van der Waals surface area contributed by atoms with Crippen LogP contribution in [0.25, 0.3) is 0 Å². The Balaban J connectivity index is 1.39. The molecule has 0 unspecified atom stereocenters. The van der Waals surface area contributed by atoms with Crippen molar-refractivity contribution < 1.29 is 19.1 Å². The maximum Gasteiger partial charge on any atom is 0.250 e. The monoisotopic (exact) mass is 408 g/mol. The number of hydrogen-bond acceptors (Lipinski definition) is 6. The van der Waals surface area contributed by atoms with E-state index in [1.165, 1.54) is 0 Å². The van der Waals surface area contributed by atoms with E-state index in [0.29, 0.717) is 37.4 Å². The van der Waals surface area contributed by atoms with Gasteiger partial charge in [-0.15, -0.1) is 0 Å². The minimum atomic E-state index is -0.353. The molecule has 2 aromatic rings. The summed E-state index contributed by atoms with van der Waals surface area (Å²) in [6, 6.07) is 16.3. The van der Waals surface area contributed by atoms with Gasteiger partial charge in [-0.2, -0.15) is 5.26 Å². The van der Waals surface area contributed by atoms with E-state index in [9.17, 15) is 9.59 Å². The summed E-state index contributed by atoms with van der Waals surface area (Å²) >= 11 is 0. The molecule has 0 bridgehead atoms. The van der Waals surface area contributed by atoms with Crippen LogP contribution in [0.1, 0.15) is 5.56 Å². The molecule has 1 aliphatic heterocycles. The molecule has 8 nitrogen and oxygen atoms in total. The number of nitriles is 1. The zero-order valence-corrected chi connectivity index (χ0v) is 16.8. The number of nitrogens with one attached hydrogen (secondary N) is 1. The fourth-order valence-corrected chi connectivity index (χ4v) is 3.24. The summed E-state index contributed by atoms with van der Waals surface area (Å²) in [5.74, 6) is 0.322. The first-order valence-corrected chi connectivity index (χ1v) is 9.64. The van der Waals surface area contributed by atoms with E-state index < -0.39 is 0 Å². The number of piperazine rings is 1. The van der Waals surface area contributed by atoms with Crippen LogP contribution >= 0.6 is 0 Å². The van der Waals surface area contributed by atoms with Gasteiger partial charge in [0.05, 0.1) is 24.4 Å². The zero-order valence-electron chi connectivity index (χ0n) is 16.8. The molecule has 2 aromatic carbocycles. The molecule has 1 aliphatic rings. The molecule has 1 fully saturated rings. The molecule has 8 heteroatoms. The maximum absolute atomic E-state index is 12.4. The molecular weight excluding hydrogens is 384 g/mol. The second-order valence-electron chi connectivity index (χ2n) is 6.77. The molecule has 30 heavy (non-hydrogen) atoms. The second kappa shape index (κ2) is 10.3. The summed E-state index contributed by atoms with van der Waals surface area (Å²) < 4.78 is 10.7. The minimum absolute atomic E-state index is 0.138. The molecule has 0 saturated carbocycles. The molecule has 0 spiro atoms. The van der Waals surface area contributed by atoms with Crippen LogP contribution in [0.5, 0.6) is 5.75 Å². The number of benzene rings is 2. The number of rotatable bonds is 7. The summed E-state index contributed by atoms with van der Waals surface area (Å²) in [7, 11) is 1.65. The Labute approximate surface area is 175 Å². The topological polar surface area (TPSA) is 94.9 Å². The average molecular weight is 408 g/mol. The van der Waals surface area contributed by atoms with Gasteiger partial charge in [-0.3, -0.25) is 9.59 Å². The Morgan fingerprint density at radius 1 is 1.03 bits per heavy atom. The van der Waals surface area contributed by atoms with Crippen LogP contribution < -0.4 is 15.0 Å². The first kappa shape index (κ1) is 21.1. The first-order chi connectivity index (χ1) is 14.6. The third kappa shape index (κ3) is 5.49. The van der Waals surface area contributed by atoms with Crippen LogP contribution in [0, 0.1) is 11.3 Å². The van der Waals surface area contributed by atoms with Crippen LogP contribution in [0.15, 0.2) is 48.5 Å². The van der Waals surface area contributed by atoms with E-state index in [1.807, 2.05) is 30.3 Å². The van der Waals surface area contributed by atoms with E-state index in [0.717, 1.165) is 11.4 Å². The van der Waals surface area contributed by atoms with E-state index in [1.54, 1.807) is 36.3 Å². The maximum atomic E-state index is 12.4. The van der Waals surface area contributed by atoms with Crippen LogP contribution in [-0.2, 0) is 14.3 Å². The van der Waals surface area contributed by atoms with Gasteiger partial charge in [0.25, 0.3) is 0 Å². The molecule has 156 valence electrons. The number of methoxy groups -OCH3 is 1. The standard InChI is InChI=1S/C22H24N4O4/c1-29-20-5-3-2-4-19(20)25-10-12-26(13-11-25)22(28)16-30-15-21(27)24-18-8-6-17(14-23)7-9-18/h2-9H,10-13,15-16H2,1H3,(H,24,27). The van der Waals surface area contributed by atoms with Crippen molar-refractivity contribution in [1.29, 1.82) is 5.26 Å². The van der Waals surface area contributed by atoms with Gasteiger partial charge in [-0.05, 0) is 36.4 Å². The molecule has 0 atom stereocenters. The lowest BCUT2D eigenvalue weighted by atomic mass is 10.2. The Bertz CT molecular complexity index is 915. The van der Waals surface area contributed by atoms with Gasteiger partial charge in [0.2, 0.25) is 11.8 Å². The largest absolute Gasteiger partial charge is 0.495 e. The van der Waals surface area contributed by atoms with Crippen LogP contribution in [0.2, 0.25) is 0 Å². The van der Waals surface area contributed by atoms with Crippen molar-refractivity contribution in [3.63, 3.8) is 0 Å².